The summed E-state index contributed by atoms with van der Waals surface area (Å²) in [5.41, 5.74) is 1.07. The van der Waals surface area contributed by atoms with Gasteiger partial charge in [0, 0.05) is 30.5 Å². The minimum atomic E-state index is -0.225. The van der Waals surface area contributed by atoms with Crippen LogP contribution in [0, 0.1) is 11.8 Å². The van der Waals surface area contributed by atoms with E-state index in [0.717, 1.165) is 25.7 Å². The van der Waals surface area contributed by atoms with E-state index in [9.17, 15) is 9.90 Å². The van der Waals surface area contributed by atoms with Crippen LogP contribution in [0.25, 0.3) is 0 Å². The van der Waals surface area contributed by atoms with E-state index in [-0.39, 0.29) is 25.2 Å². The molecular formula is C16H20N2O3. The summed E-state index contributed by atoms with van der Waals surface area (Å²) in [6.07, 6.45) is 7.31. The van der Waals surface area contributed by atoms with Crippen molar-refractivity contribution in [3.8, 4) is 11.8 Å². The van der Waals surface area contributed by atoms with Gasteiger partial charge >= 0.3 is 0 Å². The van der Waals surface area contributed by atoms with Gasteiger partial charge in [-0.2, -0.15) is 0 Å². The topological polar surface area (TPSA) is 73.7 Å². The molecule has 0 saturated heterocycles. The maximum Gasteiger partial charge on any atom is 0.255 e. The van der Waals surface area contributed by atoms with Gasteiger partial charge in [0.25, 0.3) is 5.91 Å². The number of aromatic nitrogens is 1. The van der Waals surface area contributed by atoms with Gasteiger partial charge in [-0.25, -0.2) is 0 Å². The first-order valence-corrected chi connectivity index (χ1v) is 7.23. The average Bonchev–Trinajstić information content (AvgIpc) is 3.04. The van der Waals surface area contributed by atoms with Crippen molar-refractivity contribution in [1.82, 2.24) is 9.88 Å². The quantitative estimate of drug-likeness (QED) is 0.804. The summed E-state index contributed by atoms with van der Waals surface area (Å²) in [4.78, 5) is 18.4. The molecule has 0 radical (unpaired) electrons. The van der Waals surface area contributed by atoms with E-state index in [2.05, 4.69) is 16.8 Å². The fraction of sp³-hybridized carbons (Fsp3) is 0.500. The number of rotatable bonds is 4. The Labute approximate surface area is 124 Å². The summed E-state index contributed by atoms with van der Waals surface area (Å²) in [6, 6.07) is 1.88. The van der Waals surface area contributed by atoms with Gasteiger partial charge in [0.1, 0.15) is 6.61 Å². The summed E-state index contributed by atoms with van der Waals surface area (Å²) in [7, 11) is 0. The van der Waals surface area contributed by atoms with E-state index in [1.807, 2.05) is 0 Å². The van der Waals surface area contributed by atoms with Gasteiger partial charge in [-0.05, 0) is 18.9 Å². The Kier molecular flexibility index (Phi) is 5.73. The van der Waals surface area contributed by atoms with Crippen LogP contribution < -0.4 is 0 Å². The zero-order valence-corrected chi connectivity index (χ0v) is 12.0. The highest BCUT2D eigenvalue weighted by Crippen LogP contribution is 2.24. The highest BCUT2D eigenvalue weighted by Gasteiger charge is 2.27. The lowest BCUT2D eigenvalue weighted by Crippen LogP contribution is -2.40. The van der Waals surface area contributed by atoms with Crippen molar-refractivity contribution < 1.29 is 15.0 Å². The molecule has 112 valence electrons. The molecule has 1 aliphatic rings. The number of amides is 1. The second kappa shape index (κ2) is 7.77. The van der Waals surface area contributed by atoms with Crippen LogP contribution in [0.15, 0.2) is 18.5 Å². The molecule has 5 heteroatoms. The molecule has 1 fully saturated rings. The second-order valence-electron chi connectivity index (χ2n) is 5.08. The Morgan fingerprint density at radius 2 is 2.10 bits per heavy atom. The first-order chi connectivity index (χ1) is 10.3. The normalized spacial score (nSPS) is 14.6. The van der Waals surface area contributed by atoms with Gasteiger partial charge in [-0.3, -0.25) is 9.78 Å². The fourth-order valence-corrected chi connectivity index (χ4v) is 2.71. The van der Waals surface area contributed by atoms with Crippen molar-refractivity contribution in [1.29, 1.82) is 0 Å². The van der Waals surface area contributed by atoms with Crippen molar-refractivity contribution in [2.75, 3.05) is 19.8 Å². The van der Waals surface area contributed by atoms with Gasteiger partial charge < -0.3 is 15.1 Å². The molecule has 0 atom stereocenters. The zero-order chi connectivity index (χ0) is 15.1. The van der Waals surface area contributed by atoms with Gasteiger partial charge in [-0.15, -0.1) is 0 Å². The molecule has 0 spiro atoms. The first kappa shape index (κ1) is 15.5. The first-order valence-electron chi connectivity index (χ1n) is 7.23. The molecule has 0 aromatic carbocycles. The summed E-state index contributed by atoms with van der Waals surface area (Å²) in [5, 5.41) is 17.9. The molecule has 2 N–H and O–H groups in total. The molecule has 1 aliphatic carbocycles. The minimum Gasteiger partial charge on any atom is -0.395 e. The van der Waals surface area contributed by atoms with Gasteiger partial charge in [-0.1, -0.05) is 24.7 Å². The summed E-state index contributed by atoms with van der Waals surface area (Å²) < 4.78 is 0. The standard InChI is InChI=1S/C16H20N2O3/c19-8-3-4-13-10-14(12-17-11-13)16(21)18(7-9-20)15-5-1-2-6-15/h10-12,15,19-20H,1-2,5-9H2. The van der Waals surface area contributed by atoms with Crippen molar-refractivity contribution in [2.45, 2.75) is 31.7 Å². The number of carbonyl (C=O) groups excluding carboxylic acids is 1. The van der Waals surface area contributed by atoms with Gasteiger partial charge in [0.05, 0.1) is 12.2 Å². The van der Waals surface area contributed by atoms with E-state index in [1.165, 1.54) is 6.20 Å². The predicted octanol–water partition coefficient (Wildman–Crippen LogP) is 0.802. The average molecular weight is 288 g/mol. The maximum absolute atomic E-state index is 12.6. The van der Waals surface area contributed by atoms with E-state index in [1.54, 1.807) is 17.2 Å². The van der Waals surface area contributed by atoms with Crippen molar-refractivity contribution >= 4 is 5.91 Å². The molecule has 1 saturated carbocycles. The number of nitrogens with zero attached hydrogens (tertiary/aromatic N) is 2. The molecule has 0 unspecified atom stereocenters. The fourth-order valence-electron chi connectivity index (χ4n) is 2.71. The number of aliphatic hydroxyl groups is 2. The van der Waals surface area contributed by atoms with Crippen LogP contribution in [0.4, 0.5) is 0 Å². The van der Waals surface area contributed by atoms with Gasteiger partial charge in [0.15, 0.2) is 0 Å². The third-order valence-electron chi connectivity index (χ3n) is 3.66. The van der Waals surface area contributed by atoms with Crippen LogP contribution >= 0.6 is 0 Å². The van der Waals surface area contributed by atoms with E-state index < -0.39 is 0 Å². The highest BCUT2D eigenvalue weighted by molar-refractivity contribution is 5.94. The lowest BCUT2D eigenvalue weighted by atomic mass is 10.1. The van der Waals surface area contributed by atoms with Crippen LogP contribution in [-0.2, 0) is 0 Å². The Bertz CT molecular complexity index is 542. The molecule has 5 nitrogen and oxygen atoms in total. The minimum absolute atomic E-state index is 0.0420. The van der Waals surface area contributed by atoms with Crippen molar-refractivity contribution in [3.63, 3.8) is 0 Å². The van der Waals surface area contributed by atoms with Crippen molar-refractivity contribution in [2.24, 2.45) is 0 Å². The molecule has 1 amide bonds. The Morgan fingerprint density at radius 3 is 2.76 bits per heavy atom. The third-order valence-corrected chi connectivity index (χ3v) is 3.66. The summed E-state index contributed by atoms with van der Waals surface area (Å²) in [5.74, 6) is 5.17. The maximum atomic E-state index is 12.6. The van der Waals surface area contributed by atoms with Crippen LogP contribution in [0.1, 0.15) is 41.6 Å². The largest absolute Gasteiger partial charge is 0.395 e. The highest BCUT2D eigenvalue weighted by atomic mass is 16.3. The third kappa shape index (κ3) is 4.03. The number of carbonyl (C=O) groups is 1. The monoisotopic (exact) mass is 288 g/mol. The van der Waals surface area contributed by atoms with Crippen LogP contribution in [0.3, 0.4) is 0 Å². The Hall–Kier alpha value is -1.90. The van der Waals surface area contributed by atoms with E-state index in [4.69, 9.17) is 5.11 Å². The number of pyridine rings is 1. The molecule has 1 aromatic heterocycles. The smallest absolute Gasteiger partial charge is 0.255 e. The lowest BCUT2D eigenvalue weighted by molar-refractivity contribution is 0.0637. The SMILES string of the molecule is O=C(c1cncc(C#CCO)c1)N(CCO)C1CCCC1. The summed E-state index contributed by atoms with van der Waals surface area (Å²) >= 11 is 0. The van der Waals surface area contributed by atoms with Crippen LogP contribution in [0.2, 0.25) is 0 Å². The molecule has 21 heavy (non-hydrogen) atoms. The lowest BCUT2D eigenvalue weighted by Gasteiger charge is -2.28. The van der Waals surface area contributed by atoms with E-state index >= 15 is 0 Å². The number of hydrogen-bond acceptors (Lipinski definition) is 4. The molecule has 0 bridgehead atoms. The summed E-state index contributed by atoms with van der Waals surface area (Å²) in [6.45, 7) is 0.0760. The Balaban J connectivity index is 2.19. The molecular weight excluding hydrogens is 268 g/mol. The Morgan fingerprint density at radius 1 is 1.33 bits per heavy atom. The zero-order valence-electron chi connectivity index (χ0n) is 12.0. The van der Waals surface area contributed by atoms with Crippen LogP contribution in [0.5, 0.6) is 0 Å². The molecule has 1 aromatic rings. The van der Waals surface area contributed by atoms with Crippen LogP contribution in [-0.4, -0.2) is 51.8 Å². The molecule has 0 aliphatic heterocycles. The second-order valence-corrected chi connectivity index (χ2v) is 5.08. The number of hydrogen-bond donors (Lipinski definition) is 2. The number of aliphatic hydroxyl groups excluding tert-OH is 2. The molecule has 1 heterocycles. The van der Waals surface area contributed by atoms with E-state index in [0.29, 0.717) is 17.7 Å². The molecule has 2 rings (SSSR count). The predicted molar refractivity (Wildman–Crippen MR) is 78.6 cm³/mol. The van der Waals surface area contributed by atoms with Crippen molar-refractivity contribution in [3.05, 3.63) is 29.6 Å². The van der Waals surface area contributed by atoms with Gasteiger partial charge in [0.2, 0.25) is 0 Å².